The summed E-state index contributed by atoms with van der Waals surface area (Å²) in [6.07, 6.45) is 1.97. The van der Waals surface area contributed by atoms with Gasteiger partial charge in [0.25, 0.3) is 0 Å². The van der Waals surface area contributed by atoms with Crippen LogP contribution in [0.25, 0.3) is 0 Å². The Labute approximate surface area is 188 Å². The first-order valence-electron chi connectivity index (χ1n) is 10.7. The fraction of sp³-hybridized carbons (Fsp3) is 0.650. The average Bonchev–Trinajstić information content (AvgIpc) is 3.25. The maximum atomic E-state index is 12.0. The number of hydrogen-bond donors (Lipinski definition) is 2. The molecule has 1 atom stereocenters. The minimum absolute atomic E-state index is 0.167. The monoisotopic (exact) mass is 449 g/mol. The molecule has 2 aliphatic heterocycles. The van der Waals surface area contributed by atoms with Gasteiger partial charge in [-0.3, -0.25) is 5.32 Å². The summed E-state index contributed by atoms with van der Waals surface area (Å²) >= 11 is 5.46. The first kappa shape index (κ1) is 23.1. The van der Waals surface area contributed by atoms with Crippen molar-refractivity contribution in [3.63, 3.8) is 0 Å². The molecule has 3 rings (SSSR count). The second-order valence-electron chi connectivity index (χ2n) is 7.53. The summed E-state index contributed by atoms with van der Waals surface area (Å²) in [7, 11) is 0. The number of aryl methyl sites for hydroxylation is 2. The van der Waals surface area contributed by atoms with Crippen LogP contribution in [0.4, 0.5) is 10.7 Å². The lowest BCUT2D eigenvalue weighted by molar-refractivity contribution is 0.0920. The van der Waals surface area contributed by atoms with Crippen LogP contribution < -0.4 is 10.6 Å². The van der Waals surface area contributed by atoms with E-state index in [0.717, 1.165) is 30.8 Å². The number of rotatable bonds is 4. The smallest absolute Gasteiger partial charge is 0.409 e. The third kappa shape index (κ3) is 7.00. The number of ether oxygens (including phenoxy) is 2. The molecule has 0 spiro atoms. The number of piperazine rings is 1. The molecule has 10 nitrogen and oxygen atoms in total. The molecule has 0 saturated carbocycles. The Bertz CT molecular complexity index is 786. The van der Waals surface area contributed by atoms with E-state index in [4.69, 9.17) is 21.7 Å². The Balaban J connectivity index is 1.69. The highest BCUT2D eigenvalue weighted by atomic mass is 32.1. The molecule has 170 valence electrons. The predicted octanol–water partition coefficient (Wildman–Crippen LogP) is 1.69. The van der Waals surface area contributed by atoms with Crippen LogP contribution in [0.3, 0.4) is 0 Å². The number of hydrogen-bond acceptors (Lipinski definition) is 6. The largest absolute Gasteiger partial charge is 0.450 e. The quantitative estimate of drug-likeness (QED) is 0.404. The number of amides is 1. The van der Waals surface area contributed by atoms with Crippen molar-refractivity contribution in [3.8, 4) is 0 Å². The normalized spacial score (nSPS) is 19.3. The molecule has 1 amide bonds. The van der Waals surface area contributed by atoms with Crippen LogP contribution >= 0.6 is 12.2 Å². The second kappa shape index (κ2) is 11.2. The highest BCUT2D eigenvalue weighted by molar-refractivity contribution is 7.80. The summed E-state index contributed by atoms with van der Waals surface area (Å²) in [5.41, 5.74) is 1.72. The number of aliphatic imine (C=N–C) groups is 1. The summed E-state index contributed by atoms with van der Waals surface area (Å²) < 4.78 is 10.7. The van der Waals surface area contributed by atoms with Gasteiger partial charge in [0.15, 0.2) is 5.11 Å². The highest BCUT2D eigenvalue weighted by Crippen LogP contribution is 2.11. The fourth-order valence-corrected chi connectivity index (χ4v) is 3.69. The summed E-state index contributed by atoms with van der Waals surface area (Å²) in [5.74, 6) is 1.02. The van der Waals surface area contributed by atoms with Gasteiger partial charge in [-0.15, -0.1) is 0 Å². The molecule has 31 heavy (non-hydrogen) atoms. The highest BCUT2D eigenvalue weighted by Gasteiger charge is 2.25. The molecule has 1 aromatic heterocycles. The third-order valence-corrected chi connectivity index (χ3v) is 5.26. The molecule has 2 aliphatic rings. The number of guanidine groups is 1. The van der Waals surface area contributed by atoms with E-state index in [1.165, 1.54) is 0 Å². The van der Waals surface area contributed by atoms with Gasteiger partial charge >= 0.3 is 6.09 Å². The SMILES string of the molecule is CCOC(=O)N1CCN(/C(=N\C(=S)NCC2CCCO2)Nc2nc(C)cc(C)n2)CC1. The Hall–Kier alpha value is -2.53. The average molecular weight is 450 g/mol. The topological polar surface area (TPSA) is 104 Å². The lowest BCUT2D eigenvalue weighted by atomic mass is 10.2. The maximum Gasteiger partial charge on any atom is 0.409 e. The zero-order chi connectivity index (χ0) is 22.2. The third-order valence-electron chi connectivity index (χ3n) is 5.02. The van der Waals surface area contributed by atoms with Crippen LogP contribution in [-0.4, -0.2) is 89.0 Å². The van der Waals surface area contributed by atoms with Gasteiger partial charge in [0.2, 0.25) is 11.9 Å². The predicted molar refractivity (Wildman–Crippen MR) is 122 cm³/mol. The number of carbonyl (C=O) groups excluding carboxylic acids is 1. The van der Waals surface area contributed by atoms with Crippen LogP contribution in [0.5, 0.6) is 0 Å². The molecule has 11 heteroatoms. The molecule has 3 heterocycles. The molecular weight excluding hydrogens is 418 g/mol. The van der Waals surface area contributed by atoms with Crippen LogP contribution in [0, 0.1) is 13.8 Å². The molecular formula is C20H31N7O3S. The molecule has 2 N–H and O–H groups in total. The van der Waals surface area contributed by atoms with Crippen LogP contribution in [0.2, 0.25) is 0 Å². The first-order chi connectivity index (χ1) is 14.9. The molecule has 0 bridgehead atoms. The molecule has 1 aromatic rings. The minimum Gasteiger partial charge on any atom is -0.450 e. The standard InChI is InChI=1S/C20H31N7O3S/c1-4-29-20(28)27-9-7-26(8-10-27)18(24-17-22-14(2)12-15(3)23-17)25-19(31)21-13-16-6-5-11-30-16/h12,16H,4-11,13H2,1-3H3,(H2,21,22,23,24,25,31). The summed E-state index contributed by atoms with van der Waals surface area (Å²) in [6.45, 7) is 9.67. The number of nitrogens with one attached hydrogen (secondary N) is 2. The number of anilines is 1. The van der Waals surface area contributed by atoms with Crippen molar-refractivity contribution >= 4 is 35.3 Å². The van der Waals surface area contributed by atoms with E-state index in [9.17, 15) is 4.79 Å². The summed E-state index contributed by atoms with van der Waals surface area (Å²) in [4.78, 5) is 29.3. The van der Waals surface area contributed by atoms with Crippen molar-refractivity contribution in [3.05, 3.63) is 17.5 Å². The van der Waals surface area contributed by atoms with Crippen LogP contribution in [0.15, 0.2) is 11.1 Å². The minimum atomic E-state index is -0.292. The molecule has 1 unspecified atom stereocenters. The Morgan fingerprint density at radius 2 is 1.94 bits per heavy atom. The van der Waals surface area contributed by atoms with Crippen molar-refractivity contribution in [2.45, 2.75) is 39.7 Å². The Morgan fingerprint density at radius 1 is 1.26 bits per heavy atom. The lowest BCUT2D eigenvalue weighted by Gasteiger charge is -2.35. The Kier molecular flexibility index (Phi) is 8.35. The van der Waals surface area contributed by atoms with Crippen molar-refractivity contribution in [2.24, 2.45) is 4.99 Å². The zero-order valence-corrected chi connectivity index (χ0v) is 19.2. The van der Waals surface area contributed by atoms with Gasteiger partial charge in [-0.2, -0.15) is 4.99 Å². The fourth-order valence-electron chi connectivity index (χ4n) is 3.52. The summed E-state index contributed by atoms with van der Waals surface area (Å²) in [5, 5.41) is 6.76. The van der Waals surface area contributed by atoms with E-state index in [1.54, 1.807) is 11.8 Å². The lowest BCUT2D eigenvalue weighted by Crippen LogP contribution is -2.52. The first-order valence-corrected chi connectivity index (χ1v) is 11.1. The van der Waals surface area contributed by atoms with E-state index >= 15 is 0 Å². The summed E-state index contributed by atoms with van der Waals surface area (Å²) in [6, 6.07) is 1.91. The van der Waals surface area contributed by atoms with E-state index < -0.39 is 0 Å². The molecule has 0 radical (unpaired) electrons. The van der Waals surface area contributed by atoms with Crippen molar-refractivity contribution in [1.82, 2.24) is 25.1 Å². The van der Waals surface area contributed by atoms with E-state index in [1.807, 2.05) is 24.8 Å². The van der Waals surface area contributed by atoms with E-state index in [2.05, 4.69) is 25.6 Å². The molecule has 0 aromatic carbocycles. The van der Waals surface area contributed by atoms with Gasteiger partial charge in [-0.05, 0) is 51.9 Å². The number of carbonyl (C=O) groups is 1. The maximum absolute atomic E-state index is 12.0. The van der Waals surface area contributed by atoms with Crippen LogP contribution in [-0.2, 0) is 9.47 Å². The second-order valence-corrected chi connectivity index (χ2v) is 7.92. The van der Waals surface area contributed by atoms with Crippen molar-refractivity contribution in [2.75, 3.05) is 51.3 Å². The molecule has 2 fully saturated rings. The van der Waals surface area contributed by atoms with Gasteiger partial charge in [0.1, 0.15) is 0 Å². The van der Waals surface area contributed by atoms with Gasteiger partial charge in [0.05, 0.1) is 12.7 Å². The Morgan fingerprint density at radius 3 is 2.55 bits per heavy atom. The number of nitrogens with zero attached hydrogens (tertiary/aromatic N) is 5. The molecule has 0 aliphatic carbocycles. The van der Waals surface area contributed by atoms with E-state index in [-0.39, 0.29) is 12.2 Å². The zero-order valence-electron chi connectivity index (χ0n) is 18.4. The van der Waals surface area contributed by atoms with E-state index in [0.29, 0.717) is 56.4 Å². The van der Waals surface area contributed by atoms with Gasteiger partial charge < -0.3 is 24.6 Å². The van der Waals surface area contributed by atoms with Crippen molar-refractivity contribution in [1.29, 1.82) is 0 Å². The number of aromatic nitrogens is 2. The van der Waals surface area contributed by atoms with Gasteiger partial charge in [-0.25, -0.2) is 14.8 Å². The van der Waals surface area contributed by atoms with Crippen LogP contribution in [0.1, 0.15) is 31.2 Å². The number of thiocarbonyl (C=S) groups is 1. The van der Waals surface area contributed by atoms with Crippen molar-refractivity contribution < 1.29 is 14.3 Å². The van der Waals surface area contributed by atoms with Gasteiger partial charge in [0, 0.05) is 50.7 Å². The van der Waals surface area contributed by atoms with Gasteiger partial charge in [-0.1, -0.05) is 0 Å². The molecule has 2 saturated heterocycles.